The highest BCUT2D eigenvalue weighted by atomic mass is 16.2. The zero-order valence-electron chi connectivity index (χ0n) is 12.9. The van der Waals surface area contributed by atoms with Gasteiger partial charge in [-0.3, -0.25) is 14.9 Å². The van der Waals surface area contributed by atoms with Crippen molar-refractivity contribution in [1.29, 1.82) is 0 Å². The van der Waals surface area contributed by atoms with Gasteiger partial charge in [0.25, 0.3) is 0 Å². The first-order valence-electron chi connectivity index (χ1n) is 8.23. The lowest BCUT2D eigenvalue weighted by Gasteiger charge is -2.54. The Kier molecular flexibility index (Phi) is 2.33. The van der Waals surface area contributed by atoms with E-state index >= 15 is 0 Å². The molecule has 0 spiro atoms. The van der Waals surface area contributed by atoms with E-state index in [2.05, 4.69) is 36.5 Å². The van der Waals surface area contributed by atoms with Gasteiger partial charge in [-0.1, -0.05) is 55.5 Å². The number of hydrogen-bond acceptors (Lipinski definition) is 2. The fourth-order valence-corrected chi connectivity index (χ4v) is 5.46. The molecular weight excluding hydrogens is 286 g/mol. The molecule has 0 radical (unpaired) electrons. The average Bonchev–Trinajstić information content (AvgIpc) is 2.90. The summed E-state index contributed by atoms with van der Waals surface area (Å²) in [6.07, 6.45) is 0.815. The predicted molar refractivity (Wildman–Crippen MR) is 85.9 cm³/mol. The quantitative estimate of drug-likeness (QED) is 0.823. The lowest BCUT2D eigenvalue weighted by atomic mass is 9.46. The van der Waals surface area contributed by atoms with E-state index in [-0.39, 0.29) is 35.0 Å². The number of nitrogens with one attached hydrogen (secondary N) is 1. The van der Waals surface area contributed by atoms with Crippen LogP contribution in [0.2, 0.25) is 0 Å². The van der Waals surface area contributed by atoms with Crippen LogP contribution in [0, 0.1) is 11.8 Å². The molecule has 2 aromatic carbocycles. The molecule has 3 aliphatic carbocycles. The molecule has 1 heterocycles. The van der Waals surface area contributed by atoms with Crippen LogP contribution < -0.4 is 5.32 Å². The molecule has 1 saturated heterocycles. The van der Waals surface area contributed by atoms with Crippen molar-refractivity contribution in [2.45, 2.75) is 24.7 Å². The maximum Gasteiger partial charge on any atom is 0.231 e. The van der Waals surface area contributed by atoms with Gasteiger partial charge >= 0.3 is 0 Å². The smallest absolute Gasteiger partial charge is 0.231 e. The number of imide groups is 1. The number of amides is 2. The van der Waals surface area contributed by atoms with Gasteiger partial charge in [-0.25, -0.2) is 0 Å². The topological polar surface area (TPSA) is 46.2 Å². The molecule has 1 aliphatic heterocycles. The van der Waals surface area contributed by atoms with Crippen molar-refractivity contribution in [3.05, 3.63) is 70.8 Å². The molecule has 3 nitrogen and oxygen atoms in total. The van der Waals surface area contributed by atoms with Crippen molar-refractivity contribution in [3.63, 3.8) is 0 Å². The average molecular weight is 303 g/mol. The SMILES string of the molecule is CCC12c3ccccc3C(c3ccccc31)C1C(=O)NC(=O)C12. The highest BCUT2D eigenvalue weighted by Crippen LogP contribution is 2.63. The Hall–Kier alpha value is -2.42. The molecule has 1 fully saturated rings. The number of carbonyl (C=O) groups excluding carboxylic acids is 2. The van der Waals surface area contributed by atoms with Crippen LogP contribution in [0.15, 0.2) is 48.5 Å². The van der Waals surface area contributed by atoms with E-state index in [0.29, 0.717) is 0 Å². The van der Waals surface area contributed by atoms with Gasteiger partial charge in [0.1, 0.15) is 0 Å². The zero-order valence-corrected chi connectivity index (χ0v) is 12.9. The summed E-state index contributed by atoms with van der Waals surface area (Å²) in [5, 5.41) is 2.61. The number of carbonyl (C=O) groups is 2. The lowest BCUT2D eigenvalue weighted by molar-refractivity contribution is -0.126. The summed E-state index contributed by atoms with van der Waals surface area (Å²) in [5.41, 5.74) is 4.52. The first kappa shape index (κ1) is 13.1. The Labute approximate surface area is 134 Å². The molecule has 2 unspecified atom stereocenters. The van der Waals surface area contributed by atoms with Gasteiger partial charge in [0.2, 0.25) is 11.8 Å². The summed E-state index contributed by atoms with van der Waals surface area (Å²) >= 11 is 0. The van der Waals surface area contributed by atoms with Crippen molar-refractivity contribution in [1.82, 2.24) is 5.32 Å². The highest BCUT2D eigenvalue weighted by Gasteiger charge is 2.65. The maximum absolute atomic E-state index is 12.7. The van der Waals surface area contributed by atoms with Crippen molar-refractivity contribution in [3.8, 4) is 0 Å². The largest absolute Gasteiger partial charge is 0.296 e. The zero-order chi connectivity index (χ0) is 15.8. The van der Waals surface area contributed by atoms with E-state index in [1.54, 1.807) is 0 Å². The Morgan fingerprint density at radius 2 is 1.48 bits per heavy atom. The van der Waals surface area contributed by atoms with Crippen molar-refractivity contribution < 1.29 is 9.59 Å². The van der Waals surface area contributed by atoms with E-state index < -0.39 is 0 Å². The van der Waals surface area contributed by atoms with Gasteiger partial charge in [-0.15, -0.1) is 0 Å². The van der Waals surface area contributed by atoms with Crippen LogP contribution in [-0.2, 0) is 15.0 Å². The van der Waals surface area contributed by atoms with Crippen LogP contribution >= 0.6 is 0 Å². The van der Waals surface area contributed by atoms with Crippen molar-refractivity contribution in [2.75, 3.05) is 0 Å². The Morgan fingerprint density at radius 1 is 0.913 bits per heavy atom. The van der Waals surface area contributed by atoms with E-state index in [0.717, 1.165) is 6.42 Å². The molecule has 4 aliphatic rings. The minimum absolute atomic E-state index is 0.00715. The number of benzene rings is 2. The summed E-state index contributed by atoms with van der Waals surface area (Å²) in [6, 6.07) is 16.7. The second-order valence-electron chi connectivity index (χ2n) is 6.83. The predicted octanol–water partition coefficient (Wildman–Crippen LogP) is 2.73. The second-order valence-corrected chi connectivity index (χ2v) is 6.83. The van der Waals surface area contributed by atoms with E-state index in [4.69, 9.17) is 0 Å². The van der Waals surface area contributed by atoms with Gasteiger partial charge in [0, 0.05) is 11.3 Å². The second kappa shape index (κ2) is 4.10. The van der Waals surface area contributed by atoms with Crippen molar-refractivity contribution in [2.24, 2.45) is 11.8 Å². The van der Waals surface area contributed by atoms with Crippen LogP contribution in [0.25, 0.3) is 0 Å². The molecule has 1 N–H and O–H groups in total. The van der Waals surface area contributed by atoms with Crippen LogP contribution in [-0.4, -0.2) is 11.8 Å². The molecule has 0 aromatic heterocycles. The van der Waals surface area contributed by atoms with Crippen LogP contribution in [0.4, 0.5) is 0 Å². The van der Waals surface area contributed by atoms with Gasteiger partial charge in [0.15, 0.2) is 0 Å². The van der Waals surface area contributed by atoms with Gasteiger partial charge < -0.3 is 0 Å². The standard InChI is InChI=1S/C20H17NO2/c1-2-20-13-9-5-3-7-11(13)15(12-8-4-6-10-14(12)20)16-17(20)19(23)21-18(16)22/h3-10,15-17H,2H2,1H3,(H,21,22,23). The van der Waals surface area contributed by atoms with Crippen LogP contribution in [0.5, 0.6) is 0 Å². The molecule has 3 heteroatoms. The van der Waals surface area contributed by atoms with Crippen LogP contribution in [0.1, 0.15) is 41.5 Å². The molecular formula is C20H17NO2. The number of hydrogen-bond donors (Lipinski definition) is 1. The molecule has 23 heavy (non-hydrogen) atoms. The summed E-state index contributed by atoms with van der Waals surface area (Å²) in [4.78, 5) is 25.2. The summed E-state index contributed by atoms with van der Waals surface area (Å²) in [7, 11) is 0. The maximum atomic E-state index is 12.7. The monoisotopic (exact) mass is 303 g/mol. The van der Waals surface area contributed by atoms with Crippen molar-refractivity contribution >= 4 is 11.8 Å². The third-order valence-electron chi connectivity index (χ3n) is 6.19. The van der Waals surface area contributed by atoms with E-state index in [1.165, 1.54) is 22.3 Å². The first-order valence-corrected chi connectivity index (χ1v) is 8.23. The fraction of sp³-hybridized carbons (Fsp3) is 0.300. The molecule has 2 atom stereocenters. The third-order valence-corrected chi connectivity index (χ3v) is 6.19. The highest BCUT2D eigenvalue weighted by molar-refractivity contribution is 6.08. The third kappa shape index (κ3) is 1.29. The molecule has 0 saturated carbocycles. The van der Waals surface area contributed by atoms with E-state index in [9.17, 15) is 9.59 Å². The minimum atomic E-state index is -0.386. The minimum Gasteiger partial charge on any atom is -0.296 e. The summed E-state index contributed by atoms with van der Waals surface area (Å²) in [6.45, 7) is 2.13. The van der Waals surface area contributed by atoms with Gasteiger partial charge in [0.05, 0.1) is 11.8 Å². The molecule has 6 rings (SSSR count). The molecule has 2 amide bonds. The Morgan fingerprint density at radius 3 is 2.04 bits per heavy atom. The number of rotatable bonds is 1. The van der Waals surface area contributed by atoms with Gasteiger partial charge in [-0.2, -0.15) is 0 Å². The summed E-state index contributed by atoms with van der Waals surface area (Å²) in [5.74, 6) is -0.767. The first-order chi connectivity index (χ1) is 11.2. The molecule has 2 aromatic rings. The van der Waals surface area contributed by atoms with E-state index in [1.807, 2.05) is 24.3 Å². The lowest BCUT2D eigenvalue weighted by Crippen LogP contribution is -2.53. The Bertz CT molecular complexity index is 822. The Balaban J connectivity index is 1.95. The molecule has 114 valence electrons. The summed E-state index contributed by atoms with van der Waals surface area (Å²) < 4.78 is 0. The van der Waals surface area contributed by atoms with Gasteiger partial charge in [-0.05, 0) is 28.7 Å². The normalized spacial score (nSPS) is 33.0. The molecule has 2 bridgehead atoms. The fourth-order valence-electron chi connectivity index (χ4n) is 5.46. The van der Waals surface area contributed by atoms with Crippen LogP contribution in [0.3, 0.4) is 0 Å².